The quantitative estimate of drug-likeness (QED) is 0.239. The minimum Gasteiger partial charge on any atom is -0.357 e. The first kappa shape index (κ1) is 23.6. The molecule has 0 amide bonds. The van der Waals surface area contributed by atoms with Crippen molar-refractivity contribution in [3.8, 4) is 0 Å². The summed E-state index contributed by atoms with van der Waals surface area (Å²) < 4.78 is 0. The second-order valence-electron chi connectivity index (χ2n) is 7.03. The van der Waals surface area contributed by atoms with Crippen molar-refractivity contribution >= 4 is 41.3 Å². The lowest BCUT2D eigenvalue weighted by Gasteiger charge is -2.30. The fourth-order valence-corrected chi connectivity index (χ4v) is 3.86. The molecule has 7 heteroatoms. The largest absolute Gasteiger partial charge is 0.357 e. The number of aromatic nitrogens is 1. The van der Waals surface area contributed by atoms with Gasteiger partial charge in [0, 0.05) is 37.1 Å². The Bertz CT molecular complexity index is 512. The van der Waals surface area contributed by atoms with E-state index in [1.807, 2.05) is 6.20 Å². The van der Waals surface area contributed by atoms with Crippen molar-refractivity contribution in [3.05, 3.63) is 16.1 Å². The van der Waals surface area contributed by atoms with E-state index in [9.17, 15) is 0 Å². The van der Waals surface area contributed by atoms with Crippen LogP contribution in [0, 0.1) is 12.8 Å². The predicted molar refractivity (Wildman–Crippen MR) is 124 cm³/mol. The first-order valence-electron chi connectivity index (χ1n) is 9.83. The molecule has 0 atom stereocenters. The highest BCUT2D eigenvalue weighted by Gasteiger charge is 2.14. The van der Waals surface area contributed by atoms with E-state index in [0.29, 0.717) is 0 Å². The van der Waals surface area contributed by atoms with Crippen LogP contribution in [0.1, 0.15) is 49.4 Å². The smallest absolute Gasteiger partial charge is 0.191 e. The average molecular weight is 494 g/mol. The van der Waals surface area contributed by atoms with E-state index in [1.54, 1.807) is 11.3 Å². The normalized spacial score (nSPS) is 16.3. The van der Waals surface area contributed by atoms with Gasteiger partial charge in [-0.05, 0) is 65.1 Å². The van der Waals surface area contributed by atoms with Crippen LogP contribution >= 0.6 is 35.3 Å². The maximum absolute atomic E-state index is 4.70. The van der Waals surface area contributed by atoms with E-state index < -0.39 is 0 Å². The Hall–Kier alpha value is -0.410. The number of likely N-dealkylation sites (tertiary alicyclic amines) is 1. The zero-order valence-corrected chi connectivity index (χ0v) is 19.7. The van der Waals surface area contributed by atoms with Crippen LogP contribution in [0.15, 0.2) is 11.2 Å². The Labute approximate surface area is 180 Å². The van der Waals surface area contributed by atoms with Crippen molar-refractivity contribution in [2.45, 2.75) is 52.9 Å². The molecule has 1 aromatic heterocycles. The van der Waals surface area contributed by atoms with Gasteiger partial charge in [-0.1, -0.05) is 6.92 Å². The number of thiazole rings is 1. The van der Waals surface area contributed by atoms with Gasteiger partial charge in [0.25, 0.3) is 0 Å². The lowest BCUT2D eigenvalue weighted by Crippen LogP contribution is -2.38. The lowest BCUT2D eigenvalue weighted by molar-refractivity contribution is 0.190. The van der Waals surface area contributed by atoms with Gasteiger partial charge in [-0.2, -0.15) is 0 Å². The Kier molecular flexibility index (Phi) is 12.5. The summed E-state index contributed by atoms with van der Waals surface area (Å²) in [4.78, 5) is 13.0. The molecule has 0 unspecified atom stereocenters. The number of rotatable bonds is 9. The van der Waals surface area contributed by atoms with Crippen LogP contribution in [0.3, 0.4) is 0 Å². The number of hydrogen-bond donors (Lipinski definition) is 2. The summed E-state index contributed by atoms with van der Waals surface area (Å²) in [6.07, 6.45) is 8.04. The number of guanidine groups is 1. The Morgan fingerprint density at radius 2 is 2.08 bits per heavy atom. The molecule has 2 N–H and O–H groups in total. The van der Waals surface area contributed by atoms with E-state index >= 15 is 0 Å². The molecule has 150 valence electrons. The zero-order valence-electron chi connectivity index (χ0n) is 16.6. The van der Waals surface area contributed by atoms with Gasteiger partial charge in [-0.15, -0.1) is 35.3 Å². The molecule has 1 saturated heterocycles. The van der Waals surface area contributed by atoms with Crippen molar-refractivity contribution in [2.24, 2.45) is 10.9 Å². The van der Waals surface area contributed by atoms with Crippen molar-refractivity contribution < 1.29 is 0 Å². The van der Waals surface area contributed by atoms with Gasteiger partial charge in [-0.25, -0.2) is 4.98 Å². The molecule has 0 saturated carbocycles. The van der Waals surface area contributed by atoms with E-state index in [1.165, 1.54) is 48.8 Å². The number of hydrogen-bond acceptors (Lipinski definition) is 4. The molecule has 0 radical (unpaired) electrons. The minimum atomic E-state index is 0. The SMILES string of the molecule is CCNC(=NCCCCN1CCC(C)CC1)NCCc1ncc(C)s1.I. The summed E-state index contributed by atoms with van der Waals surface area (Å²) in [5, 5.41) is 7.94. The van der Waals surface area contributed by atoms with Crippen molar-refractivity contribution in [2.75, 3.05) is 39.3 Å². The van der Waals surface area contributed by atoms with Gasteiger partial charge < -0.3 is 15.5 Å². The molecule has 2 heterocycles. The van der Waals surface area contributed by atoms with Crippen molar-refractivity contribution in [1.29, 1.82) is 0 Å². The third kappa shape index (κ3) is 9.50. The highest BCUT2D eigenvalue weighted by molar-refractivity contribution is 14.0. The third-order valence-electron chi connectivity index (χ3n) is 4.67. The molecule has 0 aliphatic carbocycles. The topological polar surface area (TPSA) is 52.6 Å². The maximum Gasteiger partial charge on any atom is 0.191 e. The van der Waals surface area contributed by atoms with E-state index in [2.05, 4.69) is 41.3 Å². The van der Waals surface area contributed by atoms with Crippen LogP contribution in [0.5, 0.6) is 0 Å². The van der Waals surface area contributed by atoms with Gasteiger partial charge in [0.1, 0.15) is 0 Å². The third-order valence-corrected chi connectivity index (χ3v) is 5.65. The Morgan fingerprint density at radius 3 is 2.73 bits per heavy atom. The average Bonchev–Trinajstić information content (AvgIpc) is 3.01. The predicted octanol–water partition coefficient (Wildman–Crippen LogP) is 3.68. The molecule has 1 aromatic rings. The molecule has 2 rings (SSSR count). The van der Waals surface area contributed by atoms with Crippen LogP contribution in [0.2, 0.25) is 0 Å². The molecule has 0 bridgehead atoms. The highest BCUT2D eigenvalue weighted by atomic mass is 127. The van der Waals surface area contributed by atoms with Gasteiger partial charge >= 0.3 is 0 Å². The van der Waals surface area contributed by atoms with Gasteiger partial charge in [-0.3, -0.25) is 4.99 Å². The Balaban J connectivity index is 0.00000338. The van der Waals surface area contributed by atoms with E-state index in [-0.39, 0.29) is 24.0 Å². The molecular formula is C19H36IN5S. The molecule has 1 aliphatic heterocycles. The summed E-state index contributed by atoms with van der Waals surface area (Å²) in [5.41, 5.74) is 0. The van der Waals surface area contributed by atoms with Crippen LogP contribution in [0.25, 0.3) is 0 Å². The second-order valence-corrected chi connectivity index (χ2v) is 8.35. The summed E-state index contributed by atoms with van der Waals surface area (Å²) >= 11 is 1.77. The fourth-order valence-electron chi connectivity index (χ4n) is 3.07. The minimum absolute atomic E-state index is 0. The standard InChI is InChI=1S/C19H35N5S.HI/c1-4-20-19(22-11-7-18-23-15-17(3)25-18)21-10-5-6-12-24-13-8-16(2)9-14-24;/h15-16H,4-14H2,1-3H3,(H2,20,21,22);1H. The monoisotopic (exact) mass is 493 g/mol. The number of nitrogens with one attached hydrogen (secondary N) is 2. The summed E-state index contributed by atoms with van der Waals surface area (Å²) in [5.74, 6) is 1.85. The number of unbranched alkanes of at least 4 members (excludes halogenated alkanes) is 1. The highest BCUT2D eigenvalue weighted by Crippen LogP contribution is 2.16. The van der Waals surface area contributed by atoms with E-state index in [0.717, 1.165) is 44.4 Å². The number of piperidine rings is 1. The molecule has 0 aromatic carbocycles. The molecule has 1 aliphatic rings. The molecular weight excluding hydrogens is 457 g/mol. The zero-order chi connectivity index (χ0) is 17.9. The van der Waals surface area contributed by atoms with E-state index in [4.69, 9.17) is 4.99 Å². The number of aryl methyl sites for hydroxylation is 1. The van der Waals surface area contributed by atoms with Crippen molar-refractivity contribution in [3.63, 3.8) is 0 Å². The number of halogens is 1. The first-order chi connectivity index (χ1) is 12.2. The number of aliphatic imine (C=N–C) groups is 1. The maximum atomic E-state index is 4.70. The summed E-state index contributed by atoms with van der Waals surface area (Å²) in [7, 11) is 0. The summed E-state index contributed by atoms with van der Waals surface area (Å²) in [6.45, 7) is 13.1. The first-order valence-corrected chi connectivity index (χ1v) is 10.6. The number of nitrogens with zero attached hydrogens (tertiary/aromatic N) is 3. The molecule has 5 nitrogen and oxygen atoms in total. The van der Waals surface area contributed by atoms with Crippen LogP contribution in [-0.4, -0.2) is 55.1 Å². The van der Waals surface area contributed by atoms with Gasteiger partial charge in [0.05, 0.1) is 5.01 Å². The van der Waals surface area contributed by atoms with Gasteiger partial charge in [0.2, 0.25) is 0 Å². The van der Waals surface area contributed by atoms with Gasteiger partial charge in [0.15, 0.2) is 5.96 Å². The lowest BCUT2D eigenvalue weighted by atomic mass is 9.99. The van der Waals surface area contributed by atoms with Crippen LogP contribution in [0.4, 0.5) is 0 Å². The summed E-state index contributed by atoms with van der Waals surface area (Å²) in [6, 6.07) is 0. The van der Waals surface area contributed by atoms with Crippen LogP contribution < -0.4 is 10.6 Å². The fraction of sp³-hybridized carbons (Fsp3) is 0.789. The molecule has 0 spiro atoms. The second kappa shape index (κ2) is 13.7. The van der Waals surface area contributed by atoms with Crippen LogP contribution in [-0.2, 0) is 6.42 Å². The molecule has 26 heavy (non-hydrogen) atoms. The van der Waals surface area contributed by atoms with Crippen molar-refractivity contribution in [1.82, 2.24) is 20.5 Å². The molecule has 1 fully saturated rings. The Morgan fingerprint density at radius 1 is 1.31 bits per heavy atom.